The SMILES string of the molecule is Cc1nc(CC(=O)O)cc(Cc2ccccc2)n1. The van der Waals surface area contributed by atoms with Crippen LogP contribution in [0, 0.1) is 6.92 Å². The van der Waals surface area contributed by atoms with Crippen LogP contribution in [0.1, 0.15) is 22.8 Å². The number of hydrogen-bond donors (Lipinski definition) is 1. The van der Waals surface area contributed by atoms with Crippen molar-refractivity contribution in [2.45, 2.75) is 19.8 Å². The second kappa shape index (κ2) is 5.40. The topological polar surface area (TPSA) is 63.1 Å². The van der Waals surface area contributed by atoms with Gasteiger partial charge in [0.1, 0.15) is 5.82 Å². The van der Waals surface area contributed by atoms with E-state index in [2.05, 4.69) is 9.97 Å². The predicted octanol–water partition coefficient (Wildman–Crippen LogP) is 2.00. The molecule has 0 unspecified atom stereocenters. The van der Waals surface area contributed by atoms with Crippen LogP contribution in [0.2, 0.25) is 0 Å². The lowest BCUT2D eigenvalue weighted by Crippen LogP contribution is -2.06. The molecule has 0 aliphatic heterocycles. The Morgan fingerprint density at radius 1 is 1.17 bits per heavy atom. The van der Waals surface area contributed by atoms with Gasteiger partial charge in [-0.2, -0.15) is 0 Å². The van der Waals surface area contributed by atoms with E-state index in [9.17, 15) is 4.79 Å². The molecular formula is C14H14N2O2. The first-order chi connectivity index (χ1) is 8.63. The Labute approximate surface area is 105 Å². The van der Waals surface area contributed by atoms with Crippen molar-refractivity contribution >= 4 is 5.97 Å². The van der Waals surface area contributed by atoms with Gasteiger partial charge in [0.2, 0.25) is 0 Å². The van der Waals surface area contributed by atoms with E-state index in [4.69, 9.17) is 5.11 Å². The van der Waals surface area contributed by atoms with E-state index in [1.54, 1.807) is 13.0 Å². The first-order valence-electron chi connectivity index (χ1n) is 5.72. The molecular weight excluding hydrogens is 228 g/mol. The fourth-order valence-electron chi connectivity index (χ4n) is 1.84. The molecule has 2 rings (SSSR count). The van der Waals surface area contributed by atoms with Gasteiger partial charge in [0, 0.05) is 12.1 Å². The van der Waals surface area contributed by atoms with Crippen LogP contribution in [0.5, 0.6) is 0 Å². The van der Waals surface area contributed by atoms with Gasteiger partial charge in [-0.05, 0) is 18.6 Å². The zero-order valence-electron chi connectivity index (χ0n) is 10.1. The molecule has 2 aromatic rings. The highest BCUT2D eigenvalue weighted by Crippen LogP contribution is 2.09. The summed E-state index contributed by atoms with van der Waals surface area (Å²) >= 11 is 0. The van der Waals surface area contributed by atoms with E-state index in [-0.39, 0.29) is 6.42 Å². The highest BCUT2D eigenvalue weighted by atomic mass is 16.4. The van der Waals surface area contributed by atoms with Crippen LogP contribution in [-0.4, -0.2) is 21.0 Å². The Bertz CT molecular complexity index is 553. The summed E-state index contributed by atoms with van der Waals surface area (Å²) in [6, 6.07) is 11.7. The first kappa shape index (κ1) is 12.2. The fraction of sp³-hybridized carbons (Fsp3) is 0.214. The number of carboxylic acids is 1. The molecule has 18 heavy (non-hydrogen) atoms. The zero-order chi connectivity index (χ0) is 13.0. The van der Waals surface area contributed by atoms with Crippen molar-refractivity contribution in [2.75, 3.05) is 0 Å². The summed E-state index contributed by atoms with van der Waals surface area (Å²) in [5.74, 6) is -0.265. The minimum Gasteiger partial charge on any atom is -0.481 e. The number of nitrogens with zero attached hydrogens (tertiary/aromatic N) is 2. The van der Waals surface area contributed by atoms with E-state index in [1.807, 2.05) is 30.3 Å². The lowest BCUT2D eigenvalue weighted by molar-refractivity contribution is -0.136. The molecule has 92 valence electrons. The molecule has 0 spiro atoms. The summed E-state index contributed by atoms with van der Waals surface area (Å²) < 4.78 is 0. The van der Waals surface area contributed by atoms with E-state index < -0.39 is 5.97 Å². The molecule has 0 bridgehead atoms. The molecule has 0 saturated carbocycles. The Morgan fingerprint density at radius 3 is 2.50 bits per heavy atom. The second-order valence-corrected chi connectivity index (χ2v) is 4.13. The lowest BCUT2D eigenvalue weighted by atomic mass is 10.1. The maximum Gasteiger partial charge on any atom is 0.309 e. The fourth-order valence-corrected chi connectivity index (χ4v) is 1.84. The number of aryl methyl sites for hydroxylation is 1. The quantitative estimate of drug-likeness (QED) is 0.890. The predicted molar refractivity (Wildman–Crippen MR) is 67.4 cm³/mol. The van der Waals surface area contributed by atoms with Gasteiger partial charge < -0.3 is 5.11 Å². The highest BCUT2D eigenvalue weighted by molar-refractivity contribution is 5.69. The minimum absolute atomic E-state index is 0.0643. The molecule has 1 heterocycles. The molecule has 0 atom stereocenters. The van der Waals surface area contributed by atoms with Gasteiger partial charge in [-0.1, -0.05) is 30.3 Å². The first-order valence-corrected chi connectivity index (χ1v) is 5.72. The smallest absolute Gasteiger partial charge is 0.309 e. The zero-order valence-corrected chi connectivity index (χ0v) is 10.1. The van der Waals surface area contributed by atoms with Crippen molar-refractivity contribution in [2.24, 2.45) is 0 Å². The van der Waals surface area contributed by atoms with Crippen LogP contribution in [0.15, 0.2) is 36.4 Å². The van der Waals surface area contributed by atoms with E-state index >= 15 is 0 Å². The number of benzene rings is 1. The van der Waals surface area contributed by atoms with Crippen molar-refractivity contribution in [3.63, 3.8) is 0 Å². The lowest BCUT2D eigenvalue weighted by Gasteiger charge is -2.05. The molecule has 0 radical (unpaired) electrons. The minimum atomic E-state index is -0.876. The maximum absolute atomic E-state index is 10.7. The number of hydrogen-bond acceptors (Lipinski definition) is 3. The Balaban J connectivity index is 2.23. The number of carbonyl (C=O) groups is 1. The summed E-state index contributed by atoms with van der Waals surface area (Å²) in [7, 11) is 0. The normalized spacial score (nSPS) is 10.3. The van der Waals surface area contributed by atoms with Crippen molar-refractivity contribution in [3.8, 4) is 0 Å². The number of rotatable bonds is 4. The second-order valence-electron chi connectivity index (χ2n) is 4.13. The van der Waals surface area contributed by atoms with Crippen LogP contribution < -0.4 is 0 Å². The number of carboxylic acid groups (broad SMARTS) is 1. The third-order valence-corrected chi connectivity index (χ3v) is 2.50. The molecule has 4 heteroatoms. The monoisotopic (exact) mass is 242 g/mol. The van der Waals surface area contributed by atoms with Gasteiger partial charge in [-0.3, -0.25) is 4.79 Å². The van der Waals surface area contributed by atoms with Gasteiger partial charge in [0.15, 0.2) is 0 Å². The molecule has 0 amide bonds. The molecule has 4 nitrogen and oxygen atoms in total. The van der Waals surface area contributed by atoms with Gasteiger partial charge in [-0.25, -0.2) is 9.97 Å². The Kier molecular flexibility index (Phi) is 3.67. The third-order valence-electron chi connectivity index (χ3n) is 2.50. The summed E-state index contributed by atoms with van der Waals surface area (Å²) in [6.07, 6.45) is 0.627. The van der Waals surface area contributed by atoms with E-state index in [0.717, 1.165) is 11.3 Å². The van der Waals surface area contributed by atoms with E-state index in [0.29, 0.717) is 17.9 Å². The van der Waals surface area contributed by atoms with Crippen molar-refractivity contribution in [1.29, 1.82) is 0 Å². The number of aromatic nitrogens is 2. The molecule has 1 aromatic heterocycles. The van der Waals surface area contributed by atoms with Crippen LogP contribution in [0.25, 0.3) is 0 Å². The van der Waals surface area contributed by atoms with Crippen molar-refractivity contribution < 1.29 is 9.90 Å². The third kappa shape index (κ3) is 3.38. The Hall–Kier alpha value is -2.23. The summed E-state index contributed by atoms with van der Waals surface area (Å²) in [5, 5.41) is 8.78. The molecule has 0 aliphatic carbocycles. The molecule has 0 saturated heterocycles. The highest BCUT2D eigenvalue weighted by Gasteiger charge is 2.06. The van der Waals surface area contributed by atoms with Gasteiger partial charge in [-0.15, -0.1) is 0 Å². The summed E-state index contributed by atoms with van der Waals surface area (Å²) in [5.41, 5.74) is 2.56. The molecule has 1 N–H and O–H groups in total. The number of aliphatic carboxylic acids is 1. The van der Waals surface area contributed by atoms with Crippen molar-refractivity contribution in [3.05, 3.63) is 59.2 Å². The molecule has 0 fully saturated rings. The van der Waals surface area contributed by atoms with Gasteiger partial charge in [0.25, 0.3) is 0 Å². The molecule has 1 aromatic carbocycles. The molecule has 0 aliphatic rings. The van der Waals surface area contributed by atoms with Crippen LogP contribution >= 0.6 is 0 Å². The van der Waals surface area contributed by atoms with E-state index in [1.165, 1.54) is 0 Å². The average molecular weight is 242 g/mol. The summed E-state index contributed by atoms with van der Waals surface area (Å²) in [4.78, 5) is 19.1. The van der Waals surface area contributed by atoms with Gasteiger partial charge in [0.05, 0.1) is 12.1 Å². The maximum atomic E-state index is 10.7. The van der Waals surface area contributed by atoms with Crippen LogP contribution in [0.4, 0.5) is 0 Å². The van der Waals surface area contributed by atoms with Crippen LogP contribution in [-0.2, 0) is 17.6 Å². The summed E-state index contributed by atoms with van der Waals surface area (Å²) in [6.45, 7) is 1.78. The van der Waals surface area contributed by atoms with Gasteiger partial charge >= 0.3 is 5.97 Å². The van der Waals surface area contributed by atoms with Crippen LogP contribution in [0.3, 0.4) is 0 Å². The largest absolute Gasteiger partial charge is 0.481 e. The Morgan fingerprint density at radius 2 is 1.83 bits per heavy atom. The van der Waals surface area contributed by atoms with Crippen molar-refractivity contribution in [1.82, 2.24) is 9.97 Å². The standard InChI is InChI=1S/C14H14N2O2/c1-10-15-12(7-11-5-3-2-4-6-11)8-13(16-10)9-14(17)18/h2-6,8H,7,9H2,1H3,(H,17,18). The average Bonchev–Trinajstić information content (AvgIpc) is 2.28.